The van der Waals surface area contributed by atoms with E-state index >= 15 is 0 Å². The summed E-state index contributed by atoms with van der Waals surface area (Å²) >= 11 is 6.17. The third-order valence-corrected chi connectivity index (χ3v) is 4.81. The van der Waals surface area contributed by atoms with Gasteiger partial charge in [0.25, 0.3) is 0 Å². The Balaban J connectivity index is 2.18. The van der Waals surface area contributed by atoms with Crippen molar-refractivity contribution < 1.29 is 18.3 Å². The highest BCUT2D eigenvalue weighted by Crippen LogP contribution is 2.24. The second kappa shape index (κ2) is 8.66. The van der Waals surface area contributed by atoms with Crippen LogP contribution in [0.3, 0.4) is 0 Å². The van der Waals surface area contributed by atoms with Gasteiger partial charge in [0.05, 0.1) is 13.2 Å². The molecule has 0 unspecified atom stereocenters. The van der Waals surface area contributed by atoms with E-state index in [1.807, 2.05) is 6.92 Å². The first-order valence-corrected chi connectivity index (χ1v) is 10.5. The minimum atomic E-state index is -3.28. The Kier molecular flexibility index (Phi) is 6.80. The number of hydrogen-bond acceptors (Lipinski definition) is 7. The fraction of sp³-hybridized carbons (Fsp3) is 0.412. The highest BCUT2D eigenvalue weighted by atomic mass is 35.5. The lowest BCUT2D eigenvalue weighted by Gasteiger charge is -2.16. The topological polar surface area (TPSA) is 101 Å². The van der Waals surface area contributed by atoms with Crippen molar-refractivity contribution >= 4 is 27.3 Å². The molecule has 0 bridgehead atoms. The summed E-state index contributed by atoms with van der Waals surface area (Å²) in [6.45, 7) is 2.08. The monoisotopic (exact) mass is 399 g/mol. The number of rotatable bonds is 8. The Labute approximate surface area is 158 Å². The van der Waals surface area contributed by atoms with Gasteiger partial charge in [0, 0.05) is 18.4 Å². The van der Waals surface area contributed by atoms with Crippen molar-refractivity contribution in [3.8, 4) is 5.75 Å². The second-order valence-electron chi connectivity index (χ2n) is 5.85. The predicted octanol–water partition coefficient (Wildman–Crippen LogP) is 2.39. The first kappa shape index (κ1) is 20.4. The summed E-state index contributed by atoms with van der Waals surface area (Å²) in [6.07, 6.45) is 0.898. The third kappa shape index (κ3) is 5.55. The highest BCUT2D eigenvalue weighted by Gasteiger charge is 2.16. The Bertz CT molecular complexity index is 857. The minimum absolute atomic E-state index is 0.121. The van der Waals surface area contributed by atoms with E-state index in [2.05, 4.69) is 15.3 Å². The zero-order valence-electron chi connectivity index (χ0n) is 14.9. The minimum Gasteiger partial charge on any atom is -0.497 e. The number of methoxy groups -OCH3 is 1. The molecule has 0 spiro atoms. The van der Waals surface area contributed by atoms with E-state index in [9.17, 15) is 13.5 Å². The fourth-order valence-corrected chi connectivity index (χ4v) is 3.31. The van der Waals surface area contributed by atoms with Crippen molar-refractivity contribution in [2.45, 2.75) is 25.2 Å². The number of aromatic nitrogens is 2. The SMILES string of the molecule is CCc1c(Cl)nc(CS(C)(=O)=O)nc1NC[C@H](O)c1ccc(OC)cc1. The van der Waals surface area contributed by atoms with Crippen molar-refractivity contribution in [1.82, 2.24) is 9.97 Å². The van der Waals surface area contributed by atoms with Gasteiger partial charge in [-0.2, -0.15) is 0 Å². The fourth-order valence-electron chi connectivity index (χ4n) is 2.40. The number of aliphatic hydroxyl groups is 1. The van der Waals surface area contributed by atoms with E-state index in [0.717, 1.165) is 6.26 Å². The largest absolute Gasteiger partial charge is 0.497 e. The van der Waals surface area contributed by atoms with E-state index in [4.69, 9.17) is 16.3 Å². The Morgan fingerprint density at radius 3 is 2.46 bits per heavy atom. The van der Waals surface area contributed by atoms with E-state index in [-0.39, 0.29) is 23.3 Å². The molecule has 142 valence electrons. The summed E-state index contributed by atoms with van der Waals surface area (Å²) in [5.41, 5.74) is 1.39. The van der Waals surface area contributed by atoms with Crippen LogP contribution in [0.4, 0.5) is 5.82 Å². The number of ether oxygens (including phenoxy) is 1. The number of hydrogen-bond donors (Lipinski definition) is 2. The molecule has 0 aliphatic heterocycles. The average Bonchev–Trinajstić information content (AvgIpc) is 2.58. The molecule has 0 aliphatic carbocycles. The van der Waals surface area contributed by atoms with Crippen LogP contribution in [0.5, 0.6) is 5.75 Å². The van der Waals surface area contributed by atoms with Crippen molar-refractivity contribution in [2.75, 3.05) is 25.2 Å². The summed E-state index contributed by atoms with van der Waals surface area (Å²) < 4.78 is 28.1. The van der Waals surface area contributed by atoms with E-state index in [1.165, 1.54) is 0 Å². The summed E-state index contributed by atoms with van der Waals surface area (Å²) in [6, 6.07) is 7.07. The molecule has 26 heavy (non-hydrogen) atoms. The van der Waals surface area contributed by atoms with Crippen LogP contribution in [0.25, 0.3) is 0 Å². The van der Waals surface area contributed by atoms with Gasteiger partial charge in [-0.1, -0.05) is 30.7 Å². The molecule has 1 heterocycles. The Morgan fingerprint density at radius 2 is 1.92 bits per heavy atom. The first-order valence-electron chi connectivity index (χ1n) is 8.02. The molecule has 2 N–H and O–H groups in total. The predicted molar refractivity (Wildman–Crippen MR) is 101 cm³/mol. The number of benzene rings is 1. The molecule has 2 rings (SSSR count). The number of anilines is 1. The zero-order chi connectivity index (χ0) is 19.3. The number of halogens is 1. The van der Waals surface area contributed by atoms with Gasteiger partial charge < -0.3 is 15.2 Å². The molecule has 1 aromatic heterocycles. The first-order chi connectivity index (χ1) is 12.2. The van der Waals surface area contributed by atoms with E-state index in [1.54, 1.807) is 31.4 Å². The number of aliphatic hydroxyl groups excluding tert-OH is 1. The van der Waals surface area contributed by atoms with Crippen molar-refractivity contribution in [3.63, 3.8) is 0 Å². The van der Waals surface area contributed by atoms with Gasteiger partial charge in [0.1, 0.15) is 28.3 Å². The van der Waals surface area contributed by atoms with Gasteiger partial charge in [-0.05, 0) is 24.1 Å². The van der Waals surface area contributed by atoms with Gasteiger partial charge in [-0.3, -0.25) is 0 Å². The molecule has 9 heteroatoms. The molecule has 0 saturated heterocycles. The molecule has 0 amide bonds. The highest BCUT2D eigenvalue weighted by molar-refractivity contribution is 7.89. The van der Waals surface area contributed by atoms with Gasteiger partial charge in [0.15, 0.2) is 9.84 Å². The summed E-state index contributed by atoms with van der Waals surface area (Å²) in [4.78, 5) is 8.32. The summed E-state index contributed by atoms with van der Waals surface area (Å²) in [5, 5.41) is 13.6. The standard InChI is InChI=1S/C17H22ClN3O4S/c1-4-13-16(18)20-15(10-26(3,23)24)21-17(13)19-9-14(22)11-5-7-12(25-2)8-6-11/h5-8,14,22H,4,9-10H2,1-3H3,(H,19,20,21)/t14-/m0/s1. The number of nitrogens with one attached hydrogen (secondary N) is 1. The normalized spacial score (nSPS) is 12.7. The second-order valence-corrected chi connectivity index (χ2v) is 8.35. The van der Waals surface area contributed by atoms with Crippen LogP contribution in [-0.2, 0) is 22.0 Å². The van der Waals surface area contributed by atoms with Gasteiger partial charge >= 0.3 is 0 Å². The van der Waals surface area contributed by atoms with Gasteiger partial charge in [0.2, 0.25) is 0 Å². The number of sulfone groups is 1. The smallest absolute Gasteiger partial charge is 0.154 e. The van der Waals surface area contributed by atoms with Crippen molar-refractivity contribution in [1.29, 1.82) is 0 Å². The maximum atomic E-state index is 11.5. The lowest BCUT2D eigenvalue weighted by Crippen LogP contribution is -2.16. The molecule has 0 radical (unpaired) electrons. The van der Waals surface area contributed by atoms with Gasteiger partial charge in [-0.25, -0.2) is 18.4 Å². The van der Waals surface area contributed by atoms with Crippen LogP contribution >= 0.6 is 11.6 Å². The molecule has 2 aromatic rings. The van der Waals surface area contributed by atoms with Crippen LogP contribution < -0.4 is 10.1 Å². The average molecular weight is 400 g/mol. The summed E-state index contributed by atoms with van der Waals surface area (Å²) in [7, 11) is -1.71. The van der Waals surface area contributed by atoms with E-state index in [0.29, 0.717) is 29.1 Å². The maximum Gasteiger partial charge on any atom is 0.154 e. The van der Waals surface area contributed by atoms with Crippen molar-refractivity contribution in [3.05, 3.63) is 46.4 Å². The molecule has 0 aliphatic rings. The Morgan fingerprint density at radius 1 is 1.27 bits per heavy atom. The van der Waals surface area contributed by atoms with E-state index < -0.39 is 15.9 Å². The zero-order valence-corrected chi connectivity index (χ0v) is 16.4. The molecule has 1 aromatic carbocycles. The molecular weight excluding hydrogens is 378 g/mol. The third-order valence-electron chi connectivity index (χ3n) is 3.71. The molecule has 0 saturated carbocycles. The van der Waals surface area contributed by atoms with Crippen LogP contribution in [0, 0.1) is 0 Å². The van der Waals surface area contributed by atoms with Crippen LogP contribution in [-0.4, -0.2) is 43.4 Å². The lowest BCUT2D eigenvalue weighted by molar-refractivity contribution is 0.191. The van der Waals surface area contributed by atoms with Crippen LogP contribution in [0.1, 0.15) is 30.0 Å². The van der Waals surface area contributed by atoms with Crippen LogP contribution in [0.15, 0.2) is 24.3 Å². The Hall–Kier alpha value is -1.90. The maximum absolute atomic E-state index is 11.5. The van der Waals surface area contributed by atoms with Crippen molar-refractivity contribution in [2.24, 2.45) is 0 Å². The molecular formula is C17H22ClN3O4S. The van der Waals surface area contributed by atoms with Gasteiger partial charge in [-0.15, -0.1) is 0 Å². The quantitative estimate of drug-likeness (QED) is 0.657. The summed E-state index contributed by atoms with van der Waals surface area (Å²) in [5.74, 6) is 0.955. The molecule has 7 nitrogen and oxygen atoms in total. The lowest BCUT2D eigenvalue weighted by atomic mass is 10.1. The van der Waals surface area contributed by atoms with Crippen LogP contribution in [0.2, 0.25) is 5.15 Å². The number of nitrogens with zero attached hydrogens (tertiary/aromatic N) is 2. The molecule has 1 atom stereocenters. The molecule has 0 fully saturated rings.